The SMILES string of the molecule is CC1CCC(c2ccc3oc4ccccc4c3c2)/N=C(n2c3ccccc3c3ccccc32)\N=C/1c1c(-n2c3cc4ccccc4cc3c3cc4ccccc4cc32)ccc2c1oc1ccccc12. The van der Waals surface area contributed by atoms with Crippen molar-refractivity contribution in [3.8, 4) is 5.69 Å². The molecule has 2 unspecified atom stereocenters. The van der Waals surface area contributed by atoms with Crippen molar-refractivity contribution in [1.82, 2.24) is 9.13 Å². The Morgan fingerprint density at radius 1 is 0.420 bits per heavy atom. The first-order valence-electron chi connectivity index (χ1n) is 24.0. The molecule has 1 aliphatic rings. The van der Waals surface area contributed by atoms with Gasteiger partial charge in [0.15, 0.2) is 0 Å². The maximum absolute atomic E-state index is 7.14. The zero-order chi connectivity index (χ0) is 45.3. The van der Waals surface area contributed by atoms with Gasteiger partial charge in [-0.05, 0) is 119 Å². The van der Waals surface area contributed by atoms with Crippen LogP contribution in [-0.2, 0) is 0 Å². The number of furan rings is 2. The summed E-state index contributed by atoms with van der Waals surface area (Å²) in [4.78, 5) is 11.8. The van der Waals surface area contributed by atoms with Crippen LogP contribution in [0, 0.1) is 5.92 Å². The molecule has 2 atom stereocenters. The van der Waals surface area contributed by atoms with E-state index in [-0.39, 0.29) is 12.0 Å². The minimum atomic E-state index is -0.175. The molecule has 1 aliphatic heterocycles. The Balaban J connectivity index is 1.06. The highest BCUT2D eigenvalue weighted by Crippen LogP contribution is 2.43. The van der Waals surface area contributed by atoms with Crippen LogP contribution in [0.1, 0.15) is 36.9 Å². The number of benzene rings is 10. The molecule has 0 amide bonds. The van der Waals surface area contributed by atoms with Gasteiger partial charge in [0.2, 0.25) is 5.96 Å². The number of aliphatic imine (C=N–C) groups is 2. The predicted octanol–water partition coefficient (Wildman–Crippen LogP) is 16.9. The van der Waals surface area contributed by atoms with Gasteiger partial charge in [-0.2, -0.15) is 0 Å². The molecule has 5 heterocycles. The highest BCUT2D eigenvalue weighted by atomic mass is 16.3. The first-order valence-corrected chi connectivity index (χ1v) is 24.0. The van der Waals surface area contributed by atoms with Crippen molar-refractivity contribution in [3.63, 3.8) is 0 Å². The van der Waals surface area contributed by atoms with E-state index in [4.69, 9.17) is 18.8 Å². The number of hydrogen-bond acceptors (Lipinski definition) is 4. The molecule has 15 rings (SSSR count). The van der Waals surface area contributed by atoms with E-state index in [0.717, 1.165) is 112 Å². The van der Waals surface area contributed by atoms with Gasteiger partial charge in [-0.3, -0.25) is 4.57 Å². The molecule has 0 N–H and O–H groups in total. The quantitative estimate of drug-likeness (QED) is 0.177. The van der Waals surface area contributed by atoms with Crippen LogP contribution < -0.4 is 0 Å². The Kier molecular flexibility index (Phi) is 8.14. The van der Waals surface area contributed by atoms with Crippen molar-refractivity contribution in [2.24, 2.45) is 15.9 Å². The fourth-order valence-electron chi connectivity index (χ4n) is 11.6. The van der Waals surface area contributed by atoms with E-state index in [1.54, 1.807) is 0 Å². The van der Waals surface area contributed by atoms with Crippen LogP contribution in [0.5, 0.6) is 0 Å². The van der Waals surface area contributed by atoms with Gasteiger partial charge in [0.25, 0.3) is 0 Å². The molecule has 4 aromatic heterocycles. The molecule has 14 aromatic rings. The molecule has 0 spiro atoms. The van der Waals surface area contributed by atoms with Gasteiger partial charge in [-0.15, -0.1) is 0 Å². The molecule has 0 fully saturated rings. The Hall–Kier alpha value is -8.74. The Morgan fingerprint density at radius 3 is 1.61 bits per heavy atom. The smallest absolute Gasteiger partial charge is 0.230 e. The van der Waals surface area contributed by atoms with Crippen LogP contribution in [0.2, 0.25) is 0 Å². The van der Waals surface area contributed by atoms with Gasteiger partial charge >= 0.3 is 0 Å². The molecule has 0 radical (unpaired) electrons. The van der Waals surface area contributed by atoms with Gasteiger partial charge in [-0.1, -0.05) is 134 Å². The first-order chi connectivity index (χ1) is 34.1. The van der Waals surface area contributed by atoms with Gasteiger partial charge in [0.05, 0.1) is 45.1 Å². The zero-order valence-electron chi connectivity index (χ0n) is 37.7. The lowest BCUT2D eigenvalue weighted by Crippen LogP contribution is -2.23. The topological polar surface area (TPSA) is 60.9 Å². The van der Waals surface area contributed by atoms with Gasteiger partial charge < -0.3 is 13.4 Å². The van der Waals surface area contributed by atoms with Gasteiger partial charge in [-0.25, -0.2) is 9.98 Å². The second-order valence-electron chi connectivity index (χ2n) is 18.8. The predicted molar refractivity (Wildman–Crippen MR) is 287 cm³/mol. The van der Waals surface area contributed by atoms with Crippen LogP contribution in [0.15, 0.2) is 219 Å². The Morgan fingerprint density at radius 2 is 0.957 bits per heavy atom. The summed E-state index contributed by atoms with van der Waals surface area (Å²) in [7, 11) is 0. The second kappa shape index (κ2) is 14.6. The van der Waals surface area contributed by atoms with E-state index in [1.165, 1.54) is 32.3 Å². The minimum absolute atomic E-state index is 0.00288. The molecule has 6 nitrogen and oxygen atoms in total. The lowest BCUT2D eigenvalue weighted by Gasteiger charge is -2.25. The second-order valence-corrected chi connectivity index (χ2v) is 18.8. The van der Waals surface area contributed by atoms with Crippen molar-refractivity contribution < 1.29 is 8.83 Å². The average molecular weight is 887 g/mol. The zero-order valence-corrected chi connectivity index (χ0v) is 37.7. The highest BCUT2D eigenvalue weighted by Gasteiger charge is 2.30. The summed E-state index contributed by atoms with van der Waals surface area (Å²) >= 11 is 0. The number of nitrogens with zero attached hydrogens (tertiary/aromatic N) is 4. The largest absolute Gasteiger partial charge is 0.456 e. The molecule has 0 saturated heterocycles. The van der Waals surface area contributed by atoms with Crippen molar-refractivity contribution in [2.75, 3.05) is 0 Å². The fourth-order valence-corrected chi connectivity index (χ4v) is 11.6. The summed E-state index contributed by atoms with van der Waals surface area (Å²) in [6.07, 6.45) is 1.65. The van der Waals surface area contributed by atoms with E-state index >= 15 is 0 Å². The van der Waals surface area contributed by atoms with Crippen LogP contribution in [0.4, 0.5) is 0 Å². The number of fused-ring (bicyclic) bond motifs is 14. The normalized spacial score (nSPS) is 17.5. The van der Waals surface area contributed by atoms with E-state index in [9.17, 15) is 0 Å². The van der Waals surface area contributed by atoms with Gasteiger partial charge in [0.1, 0.15) is 22.3 Å². The number of rotatable bonds is 3. The van der Waals surface area contributed by atoms with E-state index in [0.29, 0.717) is 5.96 Å². The lowest BCUT2D eigenvalue weighted by atomic mass is 9.88. The van der Waals surface area contributed by atoms with Crippen LogP contribution in [0.25, 0.3) is 115 Å². The van der Waals surface area contributed by atoms with E-state index in [1.807, 2.05) is 12.1 Å². The third-order valence-electron chi connectivity index (χ3n) is 14.9. The van der Waals surface area contributed by atoms with E-state index < -0.39 is 0 Å². The Bertz CT molecular complexity index is 4390. The summed E-state index contributed by atoms with van der Waals surface area (Å²) in [5.41, 5.74) is 11.9. The minimum Gasteiger partial charge on any atom is -0.456 e. The summed E-state index contributed by atoms with van der Waals surface area (Å²) < 4.78 is 18.2. The standard InChI is InChI=1S/C63H42N4O2/c1-37-26-29-51(42-27-31-59-50(34-42)46-21-9-12-24-57(46)68-59)64-63(67-52-22-10-6-18-43(52)44-19-7-11-23-53(44)67)65-61(37)60-54(30-28-47-45-20-8-13-25-58(45)69-62(47)60)66-55-35-40-16-4-2-14-38(40)32-48(55)49-33-39-15-3-5-17-41(39)36-56(49)66/h2-25,27-28,30-37,51H,26,29H2,1H3/b64-63+,65-61+. The highest BCUT2D eigenvalue weighted by molar-refractivity contribution is 6.24. The third kappa shape index (κ3) is 5.72. The number of aromatic nitrogens is 2. The number of para-hydroxylation sites is 4. The third-order valence-corrected chi connectivity index (χ3v) is 14.9. The fraction of sp³-hybridized carbons (Fsp3) is 0.0794. The maximum Gasteiger partial charge on any atom is 0.230 e. The summed E-state index contributed by atoms with van der Waals surface area (Å²) in [6.45, 7) is 2.34. The van der Waals surface area contributed by atoms with Crippen molar-refractivity contribution >= 4 is 121 Å². The molecule has 10 aromatic carbocycles. The molecule has 0 aliphatic carbocycles. The van der Waals surface area contributed by atoms with Crippen LogP contribution >= 0.6 is 0 Å². The summed E-state index contributed by atoms with van der Waals surface area (Å²) in [6, 6.07) is 71.8. The molecule has 69 heavy (non-hydrogen) atoms. The van der Waals surface area contributed by atoms with Crippen molar-refractivity contribution in [3.05, 3.63) is 211 Å². The molecule has 0 saturated carbocycles. The average Bonchev–Trinajstić information content (AvgIpc) is 4.14. The number of hydrogen-bond donors (Lipinski definition) is 0. The molecular weight excluding hydrogens is 845 g/mol. The first kappa shape index (κ1) is 38.4. The monoisotopic (exact) mass is 886 g/mol. The lowest BCUT2D eigenvalue weighted by molar-refractivity contribution is 0.553. The van der Waals surface area contributed by atoms with Crippen LogP contribution in [-0.4, -0.2) is 20.8 Å². The van der Waals surface area contributed by atoms with Crippen LogP contribution in [0.3, 0.4) is 0 Å². The summed E-state index contributed by atoms with van der Waals surface area (Å²) in [5, 5.41) is 13.9. The van der Waals surface area contributed by atoms with E-state index in [2.05, 4.69) is 204 Å². The summed E-state index contributed by atoms with van der Waals surface area (Å²) in [5.74, 6) is 0.645. The molecular formula is C63H42N4O2. The maximum atomic E-state index is 7.14. The molecule has 0 bridgehead atoms. The van der Waals surface area contributed by atoms with Gasteiger partial charge in [0, 0.05) is 43.1 Å². The Labute approximate surface area is 395 Å². The van der Waals surface area contributed by atoms with Crippen molar-refractivity contribution in [1.29, 1.82) is 0 Å². The van der Waals surface area contributed by atoms with Crippen molar-refractivity contribution in [2.45, 2.75) is 25.8 Å². The molecule has 326 valence electrons. The molecule has 6 heteroatoms.